The summed E-state index contributed by atoms with van der Waals surface area (Å²) >= 11 is 0. The Labute approximate surface area is 83.3 Å². The van der Waals surface area contributed by atoms with E-state index >= 15 is 0 Å². The Morgan fingerprint density at radius 1 is 1.50 bits per heavy atom. The molecule has 74 valence electrons. The molecule has 0 bridgehead atoms. The maximum absolute atomic E-state index is 11.0. The summed E-state index contributed by atoms with van der Waals surface area (Å²) in [5.74, 6) is 0.187. The quantitative estimate of drug-likeness (QED) is 0.726. The van der Waals surface area contributed by atoms with Crippen molar-refractivity contribution in [2.24, 2.45) is 5.73 Å². The van der Waals surface area contributed by atoms with Crippen molar-refractivity contribution < 1.29 is 4.79 Å². The third kappa shape index (κ3) is 1.77. The predicted molar refractivity (Wildman–Crippen MR) is 55.2 cm³/mol. The van der Waals surface area contributed by atoms with Gasteiger partial charge in [0.15, 0.2) is 0 Å². The molecule has 14 heavy (non-hydrogen) atoms. The summed E-state index contributed by atoms with van der Waals surface area (Å²) in [6.07, 6.45) is 1.14. The summed E-state index contributed by atoms with van der Waals surface area (Å²) in [5, 5.41) is 3.30. The van der Waals surface area contributed by atoms with Crippen LogP contribution in [0.1, 0.15) is 28.3 Å². The van der Waals surface area contributed by atoms with Crippen molar-refractivity contribution in [1.29, 1.82) is 0 Å². The summed E-state index contributed by atoms with van der Waals surface area (Å²) in [6, 6.07) is 7.62. The number of hydrogen-bond donors (Lipinski definition) is 2. The molecule has 1 aliphatic heterocycles. The van der Waals surface area contributed by atoms with Crippen LogP contribution >= 0.6 is 0 Å². The van der Waals surface area contributed by atoms with Crippen molar-refractivity contribution in [3.05, 3.63) is 35.4 Å². The molecular weight excluding hydrogens is 176 g/mol. The molecular formula is C11H14N2O. The number of carbonyl (C=O) groups is 1. The molecule has 3 nitrogen and oxygen atoms in total. The molecule has 1 saturated heterocycles. The second-order valence-electron chi connectivity index (χ2n) is 3.68. The van der Waals surface area contributed by atoms with E-state index in [0.717, 1.165) is 19.5 Å². The van der Waals surface area contributed by atoms with Crippen LogP contribution in [0.5, 0.6) is 0 Å². The fraction of sp³-hybridized carbons (Fsp3) is 0.364. The van der Waals surface area contributed by atoms with Crippen molar-refractivity contribution in [3.8, 4) is 0 Å². The summed E-state index contributed by atoms with van der Waals surface area (Å²) in [6.45, 7) is 2.06. The zero-order chi connectivity index (χ0) is 9.97. The lowest BCUT2D eigenvalue weighted by Crippen LogP contribution is -2.12. The lowest BCUT2D eigenvalue weighted by molar-refractivity contribution is 0.1000. The van der Waals surface area contributed by atoms with Crippen molar-refractivity contribution in [2.75, 3.05) is 13.1 Å². The van der Waals surface area contributed by atoms with Crippen LogP contribution in [0.3, 0.4) is 0 Å². The molecule has 0 radical (unpaired) electrons. The number of rotatable bonds is 2. The topological polar surface area (TPSA) is 55.1 Å². The Bertz CT molecular complexity index is 343. The molecule has 1 atom stereocenters. The average Bonchev–Trinajstić information content (AvgIpc) is 2.71. The van der Waals surface area contributed by atoms with Crippen LogP contribution in [0.15, 0.2) is 24.3 Å². The fourth-order valence-corrected chi connectivity index (χ4v) is 1.89. The van der Waals surface area contributed by atoms with Gasteiger partial charge in [-0.25, -0.2) is 0 Å². The summed E-state index contributed by atoms with van der Waals surface area (Å²) in [4.78, 5) is 11.0. The maximum Gasteiger partial charge on any atom is 0.248 e. The van der Waals surface area contributed by atoms with E-state index in [1.807, 2.05) is 12.1 Å². The molecule has 0 spiro atoms. The molecule has 1 aromatic carbocycles. The number of nitrogens with two attached hydrogens (primary N) is 1. The van der Waals surface area contributed by atoms with Gasteiger partial charge in [0.1, 0.15) is 0 Å². The number of primary amides is 1. The second kappa shape index (κ2) is 3.80. The lowest BCUT2D eigenvalue weighted by Gasteiger charge is -2.09. The molecule has 1 heterocycles. The van der Waals surface area contributed by atoms with E-state index in [4.69, 9.17) is 5.73 Å². The molecule has 1 fully saturated rings. The van der Waals surface area contributed by atoms with Crippen LogP contribution in [0.4, 0.5) is 0 Å². The molecule has 1 aliphatic rings. The van der Waals surface area contributed by atoms with E-state index in [-0.39, 0.29) is 5.91 Å². The van der Waals surface area contributed by atoms with Crippen LogP contribution in [0.25, 0.3) is 0 Å². The zero-order valence-corrected chi connectivity index (χ0v) is 7.99. The SMILES string of the molecule is NC(=O)c1cccc([C@@H]2CCNC2)c1. The van der Waals surface area contributed by atoms with Crippen LogP contribution < -0.4 is 11.1 Å². The molecule has 2 rings (SSSR count). The van der Waals surface area contributed by atoms with E-state index in [1.165, 1.54) is 5.56 Å². The van der Waals surface area contributed by atoms with Gasteiger partial charge in [-0.2, -0.15) is 0 Å². The van der Waals surface area contributed by atoms with E-state index in [2.05, 4.69) is 11.4 Å². The van der Waals surface area contributed by atoms with Gasteiger partial charge < -0.3 is 11.1 Å². The number of nitrogens with one attached hydrogen (secondary N) is 1. The number of hydrogen-bond acceptors (Lipinski definition) is 2. The molecule has 1 amide bonds. The van der Waals surface area contributed by atoms with Crippen LogP contribution in [0.2, 0.25) is 0 Å². The standard InChI is InChI=1S/C11H14N2O/c12-11(14)9-3-1-2-8(6-9)10-4-5-13-7-10/h1-3,6,10,13H,4-5,7H2,(H2,12,14)/t10-/m1/s1. The van der Waals surface area contributed by atoms with E-state index < -0.39 is 0 Å². The van der Waals surface area contributed by atoms with Gasteiger partial charge in [0.05, 0.1) is 0 Å². The van der Waals surface area contributed by atoms with Gasteiger partial charge in [0.25, 0.3) is 0 Å². The van der Waals surface area contributed by atoms with E-state index in [1.54, 1.807) is 6.07 Å². The van der Waals surface area contributed by atoms with Gasteiger partial charge in [0, 0.05) is 12.1 Å². The lowest BCUT2D eigenvalue weighted by atomic mass is 9.96. The Kier molecular flexibility index (Phi) is 2.50. The predicted octanol–water partition coefficient (Wildman–Crippen LogP) is 0.862. The monoisotopic (exact) mass is 190 g/mol. The van der Waals surface area contributed by atoms with E-state index in [9.17, 15) is 4.79 Å². The van der Waals surface area contributed by atoms with Crippen LogP contribution in [-0.4, -0.2) is 19.0 Å². The highest BCUT2D eigenvalue weighted by Gasteiger charge is 2.16. The largest absolute Gasteiger partial charge is 0.366 e. The highest BCUT2D eigenvalue weighted by Crippen LogP contribution is 2.22. The second-order valence-corrected chi connectivity index (χ2v) is 3.68. The van der Waals surface area contributed by atoms with Gasteiger partial charge in [-0.05, 0) is 36.6 Å². The first-order chi connectivity index (χ1) is 6.77. The van der Waals surface area contributed by atoms with E-state index in [0.29, 0.717) is 11.5 Å². The van der Waals surface area contributed by atoms with Gasteiger partial charge in [-0.3, -0.25) is 4.79 Å². The Morgan fingerprint density at radius 3 is 3.00 bits per heavy atom. The minimum atomic E-state index is -0.349. The smallest absolute Gasteiger partial charge is 0.248 e. The van der Waals surface area contributed by atoms with Gasteiger partial charge in [-0.1, -0.05) is 12.1 Å². The molecule has 3 heteroatoms. The number of benzene rings is 1. The molecule has 1 aromatic rings. The summed E-state index contributed by atoms with van der Waals surface area (Å²) < 4.78 is 0. The van der Waals surface area contributed by atoms with Crippen molar-refractivity contribution in [3.63, 3.8) is 0 Å². The molecule has 0 aromatic heterocycles. The summed E-state index contributed by atoms with van der Waals surface area (Å²) in [7, 11) is 0. The van der Waals surface area contributed by atoms with Gasteiger partial charge in [0.2, 0.25) is 5.91 Å². The Morgan fingerprint density at radius 2 is 2.36 bits per heavy atom. The highest BCUT2D eigenvalue weighted by molar-refractivity contribution is 5.92. The van der Waals surface area contributed by atoms with Crippen LogP contribution in [-0.2, 0) is 0 Å². The maximum atomic E-state index is 11.0. The molecule has 3 N–H and O–H groups in total. The highest BCUT2D eigenvalue weighted by atomic mass is 16.1. The summed E-state index contributed by atoms with van der Waals surface area (Å²) in [5.41, 5.74) is 7.05. The third-order valence-corrected chi connectivity index (χ3v) is 2.70. The molecule has 0 aliphatic carbocycles. The normalized spacial score (nSPS) is 21.0. The average molecular weight is 190 g/mol. The number of carbonyl (C=O) groups excluding carboxylic acids is 1. The van der Waals surface area contributed by atoms with Crippen LogP contribution in [0, 0.1) is 0 Å². The molecule has 0 unspecified atom stereocenters. The minimum absolute atomic E-state index is 0.349. The van der Waals surface area contributed by atoms with Gasteiger partial charge in [-0.15, -0.1) is 0 Å². The Balaban J connectivity index is 2.25. The van der Waals surface area contributed by atoms with Crippen molar-refractivity contribution in [2.45, 2.75) is 12.3 Å². The Hall–Kier alpha value is -1.35. The molecule has 0 saturated carbocycles. The van der Waals surface area contributed by atoms with Crippen molar-refractivity contribution in [1.82, 2.24) is 5.32 Å². The zero-order valence-electron chi connectivity index (χ0n) is 7.99. The fourth-order valence-electron chi connectivity index (χ4n) is 1.89. The van der Waals surface area contributed by atoms with Crippen molar-refractivity contribution >= 4 is 5.91 Å². The minimum Gasteiger partial charge on any atom is -0.366 e. The first kappa shape index (κ1) is 9.21. The first-order valence-electron chi connectivity index (χ1n) is 4.88. The van der Waals surface area contributed by atoms with Gasteiger partial charge >= 0.3 is 0 Å². The third-order valence-electron chi connectivity index (χ3n) is 2.70. The first-order valence-corrected chi connectivity index (χ1v) is 4.88. The number of amides is 1.